The van der Waals surface area contributed by atoms with Crippen LogP contribution in [0, 0.1) is 0 Å². The maximum absolute atomic E-state index is 12.5. The van der Waals surface area contributed by atoms with Gasteiger partial charge in [0.2, 0.25) is 0 Å². The molecule has 3 rings (SSSR count). The molecular weight excluding hydrogens is 328 g/mol. The van der Waals surface area contributed by atoms with Crippen LogP contribution >= 0.6 is 0 Å². The molecule has 0 aromatic heterocycles. The van der Waals surface area contributed by atoms with Gasteiger partial charge in [-0.3, -0.25) is 4.79 Å². The number of ether oxygens (including phenoxy) is 2. The molecule has 1 aromatic carbocycles. The molecule has 2 saturated heterocycles. The van der Waals surface area contributed by atoms with Gasteiger partial charge >= 0.3 is 0 Å². The molecule has 0 bridgehead atoms. The summed E-state index contributed by atoms with van der Waals surface area (Å²) in [7, 11) is 0. The summed E-state index contributed by atoms with van der Waals surface area (Å²) in [5.41, 5.74) is 0.611. The lowest BCUT2D eigenvalue weighted by molar-refractivity contribution is 0.0670. The van der Waals surface area contributed by atoms with E-state index in [0.717, 1.165) is 32.4 Å². The van der Waals surface area contributed by atoms with Crippen molar-refractivity contribution in [1.29, 1.82) is 0 Å². The summed E-state index contributed by atoms with van der Waals surface area (Å²) in [6.07, 6.45) is 8.60. The number of benzene rings is 1. The predicted molar refractivity (Wildman–Crippen MR) is 103 cm³/mol. The number of amides is 1. The van der Waals surface area contributed by atoms with Crippen LogP contribution in [0.1, 0.15) is 55.3 Å². The maximum atomic E-state index is 12.5. The molecule has 1 atom stereocenters. The molecule has 0 radical (unpaired) electrons. The van der Waals surface area contributed by atoms with Crippen LogP contribution in [0.2, 0.25) is 0 Å². The van der Waals surface area contributed by atoms with Gasteiger partial charge in [0.05, 0.1) is 11.7 Å². The Kier molecular flexibility index (Phi) is 7.77. The van der Waals surface area contributed by atoms with Gasteiger partial charge in [0.25, 0.3) is 5.91 Å². The summed E-state index contributed by atoms with van der Waals surface area (Å²) in [5, 5.41) is 3.05. The van der Waals surface area contributed by atoms with Crippen LogP contribution in [-0.2, 0) is 4.74 Å². The third kappa shape index (κ3) is 5.99. The van der Waals surface area contributed by atoms with E-state index in [1.165, 1.54) is 38.8 Å². The van der Waals surface area contributed by atoms with Crippen LogP contribution in [0.25, 0.3) is 0 Å². The predicted octanol–water partition coefficient (Wildman–Crippen LogP) is 3.24. The number of carbonyl (C=O) groups excluding carboxylic acids is 1. The number of hydrogen-bond acceptors (Lipinski definition) is 4. The Hall–Kier alpha value is -1.59. The lowest BCUT2D eigenvalue weighted by Gasteiger charge is -2.19. The minimum absolute atomic E-state index is 0.0520. The molecule has 1 N–H and O–H groups in total. The molecule has 2 aliphatic heterocycles. The van der Waals surface area contributed by atoms with Crippen LogP contribution in [-0.4, -0.2) is 56.3 Å². The highest BCUT2D eigenvalue weighted by atomic mass is 16.5. The Bertz CT molecular complexity index is 550. The molecule has 1 amide bonds. The largest absolute Gasteiger partial charge is 0.490 e. The molecular formula is C21H32N2O3. The highest BCUT2D eigenvalue weighted by molar-refractivity contribution is 5.96. The van der Waals surface area contributed by atoms with E-state index in [1.807, 2.05) is 24.3 Å². The third-order valence-electron chi connectivity index (χ3n) is 5.22. The van der Waals surface area contributed by atoms with Crippen molar-refractivity contribution in [1.82, 2.24) is 10.2 Å². The third-order valence-corrected chi connectivity index (χ3v) is 5.22. The molecule has 5 heteroatoms. The first-order valence-corrected chi connectivity index (χ1v) is 10.2. The summed E-state index contributed by atoms with van der Waals surface area (Å²) in [6, 6.07) is 7.47. The zero-order chi connectivity index (χ0) is 18.0. The molecule has 2 aliphatic rings. The summed E-state index contributed by atoms with van der Waals surface area (Å²) in [4.78, 5) is 15.1. The maximum Gasteiger partial charge on any atom is 0.255 e. The smallest absolute Gasteiger partial charge is 0.255 e. The molecule has 2 heterocycles. The number of hydrogen-bond donors (Lipinski definition) is 1. The van der Waals surface area contributed by atoms with E-state index < -0.39 is 0 Å². The second-order valence-electron chi connectivity index (χ2n) is 7.31. The Morgan fingerprint density at radius 3 is 2.73 bits per heavy atom. The minimum atomic E-state index is -0.0520. The van der Waals surface area contributed by atoms with E-state index in [4.69, 9.17) is 9.47 Å². The molecule has 144 valence electrons. The first-order valence-electron chi connectivity index (χ1n) is 10.2. The van der Waals surface area contributed by atoms with Crippen molar-refractivity contribution in [2.75, 3.05) is 39.4 Å². The van der Waals surface area contributed by atoms with Crippen LogP contribution in [0.15, 0.2) is 24.3 Å². The van der Waals surface area contributed by atoms with Crippen molar-refractivity contribution >= 4 is 5.91 Å². The number of rotatable bonds is 8. The molecule has 26 heavy (non-hydrogen) atoms. The van der Waals surface area contributed by atoms with Crippen molar-refractivity contribution in [3.8, 4) is 5.75 Å². The topological polar surface area (TPSA) is 50.8 Å². The van der Waals surface area contributed by atoms with Gasteiger partial charge in [-0.2, -0.15) is 0 Å². The van der Waals surface area contributed by atoms with Gasteiger partial charge in [-0.25, -0.2) is 0 Å². The lowest BCUT2D eigenvalue weighted by Crippen LogP contribution is -2.31. The van der Waals surface area contributed by atoms with E-state index in [1.54, 1.807) is 0 Å². The quantitative estimate of drug-likeness (QED) is 0.723. The first kappa shape index (κ1) is 19.2. The zero-order valence-corrected chi connectivity index (χ0v) is 15.8. The number of nitrogens with zero attached hydrogens (tertiary/aromatic N) is 1. The van der Waals surface area contributed by atoms with E-state index in [9.17, 15) is 4.79 Å². The fourth-order valence-electron chi connectivity index (χ4n) is 3.70. The van der Waals surface area contributed by atoms with Crippen LogP contribution in [0.4, 0.5) is 0 Å². The number of nitrogens with one attached hydrogen (secondary N) is 1. The average Bonchev–Trinajstić information content (AvgIpc) is 3.06. The molecule has 1 unspecified atom stereocenters. The van der Waals surface area contributed by atoms with Gasteiger partial charge in [0.1, 0.15) is 12.4 Å². The van der Waals surface area contributed by atoms with Crippen LogP contribution < -0.4 is 10.1 Å². The van der Waals surface area contributed by atoms with Gasteiger partial charge < -0.3 is 19.7 Å². The monoisotopic (exact) mass is 360 g/mol. The first-order chi connectivity index (χ1) is 12.8. The normalized spacial score (nSPS) is 21.3. The van der Waals surface area contributed by atoms with E-state index in [2.05, 4.69) is 10.2 Å². The second-order valence-corrected chi connectivity index (χ2v) is 7.31. The van der Waals surface area contributed by atoms with Gasteiger partial charge in [0.15, 0.2) is 0 Å². The van der Waals surface area contributed by atoms with E-state index >= 15 is 0 Å². The van der Waals surface area contributed by atoms with Gasteiger partial charge in [-0.1, -0.05) is 25.0 Å². The van der Waals surface area contributed by atoms with Crippen molar-refractivity contribution in [2.45, 2.75) is 51.0 Å². The van der Waals surface area contributed by atoms with Crippen molar-refractivity contribution < 1.29 is 14.3 Å². The average molecular weight is 360 g/mol. The summed E-state index contributed by atoms with van der Waals surface area (Å²) in [5.74, 6) is 0.594. The molecule has 1 aromatic rings. The molecule has 0 saturated carbocycles. The standard InChI is InChI=1S/C21H32N2O3/c24-21(22-12-8-15-23-13-5-1-2-6-14-23)19-10-3-4-11-20(19)26-17-18-9-7-16-25-18/h3-4,10-11,18H,1-2,5-9,12-17H2,(H,22,24). The molecule has 0 spiro atoms. The Labute approximate surface area is 157 Å². The minimum Gasteiger partial charge on any atom is -0.490 e. The van der Waals surface area contributed by atoms with Crippen LogP contribution in [0.5, 0.6) is 5.75 Å². The van der Waals surface area contributed by atoms with Crippen molar-refractivity contribution in [3.05, 3.63) is 29.8 Å². The van der Waals surface area contributed by atoms with Crippen molar-refractivity contribution in [3.63, 3.8) is 0 Å². The second kappa shape index (κ2) is 10.5. The van der Waals surface area contributed by atoms with Gasteiger partial charge in [0, 0.05) is 13.2 Å². The number of carbonyl (C=O) groups is 1. The zero-order valence-electron chi connectivity index (χ0n) is 15.8. The number of likely N-dealkylation sites (tertiary alicyclic amines) is 1. The van der Waals surface area contributed by atoms with Crippen molar-refractivity contribution in [2.24, 2.45) is 0 Å². The lowest BCUT2D eigenvalue weighted by atomic mass is 10.2. The highest BCUT2D eigenvalue weighted by Crippen LogP contribution is 2.20. The van der Waals surface area contributed by atoms with E-state index in [0.29, 0.717) is 24.5 Å². The highest BCUT2D eigenvalue weighted by Gasteiger charge is 2.18. The van der Waals surface area contributed by atoms with E-state index in [-0.39, 0.29) is 12.0 Å². The van der Waals surface area contributed by atoms with Gasteiger partial charge in [-0.05, 0) is 63.9 Å². The fourth-order valence-corrected chi connectivity index (χ4v) is 3.70. The Balaban J connectivity index is 1.42. The number of para-hydroxylation sites is 1. The molecule has 0 aliphatic carbocycles. The molecule has 5 nitrogen and oxygen atoms in total. The van der Waals surface area contributed by atoms with Gasteiger partial charge in [-0.15, -0.1) is 0 Å². The van der Waals surface area contributed by atoms with Crippen LogP contribution in [0.3, 0.4) is 0 Å². The summed E-state index contributed by atoms with van der Waals surface area (Å²) >= 11 is 0. The fraction of sp³-hybridized carbons (Fsp3) is 0.667. The Morgan fingerprint density at radius 2 is 1.96 bits per heavy atom. The Morgan fingerprint density at radius 1 is 1.15 bits per heavy atom. The SMILES string of the molecule is O=C(NCCCN1CCCCCC1)c1ccccc1OCC1CCCO1. The summed E-state index contributed by atoms with van der Waals surface area (Å²) in [6.45, 7) is 5.50. The molecule has 2 fully saturated rings. The summed E-state index contributed by atoms with van der Waals surface area (Å²) < 4.78 is 11.5.